The normalized spacial score (nSPS) is 17.2. The van der Waals surface area contributed by atoms with Crippen LogP contribution in [0.15, 0.2) is 12.3 Å². The average molecular weight is 566 g/mol. The maximum atomic E-state index is 14.2. The van der Waals surface area contributed by atoms with Crippen molar-refractivity contribution in [1.29, 1.82) is 0 Å². The number of halogens is 2. The lowest BCUT2D eigenvalue weighted by atomic mass is 10.1. The summed E-state index contributed by atoms with van der Waals surface area (Å²) in [5, 5.41) is 3.56. The van der Waals surface area contributed by atoms with E-state index in [1.807, 2.05) is 13.8 Å². The number of amides is 3. The van der Waals surface area contributed by atoms with Gasteiger partial charge in [0.15, 0.2) is 0 Å². The van der Waals surface area contributed by atoms with Crippen LogP contribution in [0.3, 0.4) is 0 Å². The molecule has 2 aliphatic rings. The fraction of sp³-hybridized carbons (Fsp3) is 0.520. The van der Waals surface area contributed by atoms with Crippen LogP contribution in [0.25, 0.3) is 0 Å². The number of hydrogen-bond donors (Lipinski definition) is 2. The van der Waals surface area contributed by atoms with E-state index < -0.39 is 0 Å². The summed E-state index contributed by atoms with van der Waals surface area (Å²) in [6.07, 6.45) is 3.27. The third-order valence-corrected chi connectivity index (χ3v) is 7.28. The number of nitrogens with two attached hydrogens (primary N) is 1. The number of methoxy groups -OCH3 is 2. The van der Waals surface area contributed by atoms with Gasteiger partial charge in [-0.25, -0.2) is 9.78 Å². The van der Waals surface area contributed by atoms with E-state index in [0.717, 1.165) is 0 Å². The smallest absolute Gasteiger partial charge is 0.330 e. The fourth-order valence-corrected chi connectivity index (χ4v) is 5.41. The number of anilines is 3. The summed E-state index contributed by atoms with van der Waals surface area (Å²) in [7, 11) is 2.95. The molecule has 3 amide bonds. The van der Waals surface area contributed by atoms with Crippen molar-refractivity contribution < 1.29 is 19.1 Å². The molecule has 3 heterocycles. The summed E-state index contributed by atoms with van der Waals surface area (Å²) in [4.78, 5) is 41.0. The quantitative estimate of drug-likeness (QED) is 0.468. The average Bonchev–Trinajstić information content (AvgIpc) is 3.37. The number of fused-ring (bicyclic) bond motifs is 1. The molecule has 1 aromatic heterocycles. The van der Waals surface area contributed by atoms with Crippen LogP contribution in [0.5, 0.6) is 11.5 Å². The van der Waals surface area contributed by atoms with Crippen molar-refractivity contribution in [2.24, 2.45) is 5.73 Å². The molecule has 11 nitrogen and oxygen atoms in total. The number of aromatic nitrogens is 2. The van der Waals surface area contributed by atoms with Crippen LogP contribution < -0.4 is 30.3 Å². The number of rotatable bonds is 9. The van der Waals surface area contributed by atoms with Crippen LogP contribution >= 0.6 is 23.2 Å². The fourth-order valence-electron chi connectivity index (χ4n) is 4.71. The van der Waals surface area contributed by atoms with Crippen molar-refractivity contribution in [3.05, 3.63) is 27.9 Å². The standard InChI is InChI=1S/C25H33Cl2N7O4/c1-14(2)30-24-29-11-15-12-33(22-20(26)17(37-3)10-18(38-4)21(22)27)25(36)34(23(15)31-24)16-7-9-32(13-16)19(35)6-5-8-28/h10-11,14,16H,5-9,12-13,28H2,1-4H3,(H,29,30,31)/t16-/m0/s1. The van der Waals surface area contributed by atoms with E-state index in [1.54, 1.807) is 22.1 Å². The molecular formula is C25H33Cl2N7O4. The Balaban J connectivity index is 1.78. The van der Waals surface area contributed by atoms with Crippen LogP contribution in [0.2, 0.25) is 10.0 Å². The number of benzene rings is 1. The van der Waals surface area contributed by atoms with Gasteiger partial charge >= 0.3 is 6.03 Å². The Morgan fingerprint density at radius 3 is 2.53 bits per heavy atom. The monoisotopic (exact) mass is 565 g/mol. The SMILES string of the molecule is COc1cc(OC)c(Cl)c(N2Cc3cnc(NC(C)C)nc3N([C@H]3CCN(C(=O)CCCN)C3)C2=O)c1Cl. The van der Waals surface area contributed by atoms with Crippen molar-refractivity contribution in [1.82, 2.24) is 14.9 Å². The highest BCUT2D eigenvalue weighted by Crippen LogP contribution is 2.48. The zero-order valence-corrected chi connectivity index (χ0v) is 23.5. The Morgan fingerprint density at radius 2 is 1.92 bits per heavy atom. The van der Waals surface area contributed by atoms with E-state index in [2.05, 4.69) is 10.3 Å². The highest BCUT2D eigenvalue weighted by Gasteiger charge is 2.42. The molecule has 1 fully saturated rings. The minimum Gasteiger partial charge on any atom is -0.495 e. The first-order valence-corrected chi connectivity index (χ1v) is 13.3. The summed E-state index contributed by atoms with van der Waals surface area (Å²) in [5.74, 6) is 1.57. The van der Waals surface area contributed by atoms with Gasteiger partial charge in [0.1, 0.15) is 27.4 Å². The molecule has 2 aromatic rings. The first kappa shape index (κ1) is 28.0. The molecule has 38 heavy (non-hydrogen) atoms. The minimum atomic E-state index is -0.368. The van der Waals surface area contributed by atoms with Crippen LogP contribution in [0, 0.1) is 0 Å². The molecule has 1 atom stereocenters. The van der Waals surface area contributed by atoms with Crippen molar-refractivity contribution in [2.75, 3.05) is 49.0 Å². The summed E-state index contributed by atoms with van der Waals surface area (Å²) in [6, 6.07) is 0.995. The predicted molar refractivity (Wildman–Crippen MR) is 148 cm³/mol. The number of ether oxygens (including phenoxy) is 2. The van der Waals surface area contributed by atoms with Gasteiger partial charge in [-0.1, -0.05) is 23.2 Å². The molecule has 206 valence electrons. The molecule has 0 spiro atoms. The van der Waals surface area contributed by atoms with E-state index in [4.69, 9.17) is 43.4 Å². The number of carbonyl (C=O) groups excluding carboxylic acids is 2. The number of hydrogen-bond acceptors (Lipinski definition) is 8. The summed E-state index contributed by atoms with van der Waals surface area (Å²) < 4.78 is 10.8. The largest absolute Gasteiger partial charge is 0.495 e. The first-order valence-electron chi connectivity index (χ1n) is 12.5. The van der Waals surface area contributed by atoms with Crippen LogP contribution in [0.1, 0.15) is 38.7 Å². The molecule has 1 saturated heterocycles. The number of urea groups is 1. The second kappa shape index (κ2) is 11.8. The Labute approximate surface area is 232 Å². The van der Waals surface area contributed by atoms with Crippen molar-refractivity contribution in [2.45, 2.75) is 51.7 Å². The predicted octanol–water partition coefficient (Wildman–Crippen LogP) is 3.91. The van der Waals surface area contributed by atoms with Crippen molar-refractivity contribution in [3.8, 4) is 11.5 Å². The third kappa shape index (κ3) is 5.41. The molecular weight excluding hydrogens is 533 g/mol. The molecule has 1 aromatic carbocycles. The Hall–Kier alpha value is -3.02. The van der Waals surface area contributed by atoms with Gasteiger partial charge in [-0.2, -0.15) is 4.98 Å². The van der Waals surface area contributed by atoms with E-state index >= 15 is 0 Å². The van der Waals surface area contributed by atoms with E-state index in [-0.39, 0.29) is 46.3 Å². The number of likely N-dealkylation sites (tertiary alicyclic amines) is 1. The van der Waals surface area contributed by atoms with Crippen LogP contribution in [-0.2, 0) is 11.3 Å². The zero-order chi connectivity index (χ0) is 27.6. The maximum Gasteiger partial charge on any atom is 0.330 e. The topological polar surface area (TPSA) is 126 Å². The minimum absolute atomic E-state index is 0.0213. The highest BCUT2D eigenvalue weighted by atomic mass is 35.5. The van der Waals surface area contributed by atoms with Gasteiger partial charge in [0.2, 0.25) is 11.9 Å². The van der Waals surface area contributed by atoms with Gasteiger partial charge in [0.25, 0.3) is 0 Å². The molecule has 2 aliphatic heterocycles. The van der Waals surface area contributed by atoms with Crippen LogP contribution in [-0.4, -0.2) is 72.7 Å². The molecule has 3 N–H and O–H groups in total. The second-order valence-electron chi connectivity index (χ2n) is 9.51. The lowest BCUT2D eigenvalue weighted by molar-refractivity contribution is -0.130. The summed E-state index contributed by atoms with van der Waals surface area (Å²) in [6.45, 7) is 5.45. The van der Waals surface area contributed by atoms with Gasteiger partial charge in [-0.3, -0.25) is 14.6 Å². The van der Waals surface area contributed by atoms with E-state index in [1.165, 1.54) is 19.1 Å². The maximum absolute atomic E-state index is 14.2. The highest BCUT2D eigenvalue weighted by molar-refractivity contribution is 6.42. The molecule has 0 saturated carbocycles. The van der Waals surface area contributed by atoms with Gasteiger partial charge in [-0.15, -0.1) is 0 Å². The van der Waals surface area contributed by atoms with Crippen LogP contribution in [0.4, 0.5) is 22.2 Å². The lowest BCUT2D eigenvalue weighted by Crippen LogP contribution is -2.53. The first-order chi connectivity index (χ1) is 18.2. The molecule has 0 radical (unpaired) electrons. The number of nitrogens with one attached hydrogen (secondary N) is 1. The lowest BCUT2D eigenvalue weighted by Gasteiger charge is -2.39. The van der Waals surface area contributed by atoms with E-state index in [0.29, 0.717) is 67.7 Å². The molecule has 0 bridgehead atoms. The summed E-state index contributed by atoms with van der Waals surface area (Å²) >= 11 is 13.4. The molecule has 0 unspecified atom stereocenters. The Kier molecular flexibility index (Phi) is 8.69. The number of carbonyl (C=O) groups is 2. The van der Waals surface area contributed by atoms with Crippen molar-refractivity contribution >= 4 is 52.6 Å². The summed E-state index contributed by atoms with van der Waals surface area (Å²) in [5.41, 5.74) is 6.56. The molecule has 13 heteroatoms. The molecule has 0 aliphatic carbocycles. The second-order valence-corrected chi connectivity index (χ2v) is 10.3. The zero-order valence-electron chi connectivity index (χ0n) is 22.0. The van der Waals surface area contributed by atoms with Crippen molar-refractivity contribution in [3.63, 3.8) is 0 Å². The third-order valence-electron chi connectivity index (χ3n) is 6.55. The Bertz CT molecular complexity index is 1180. The molecule has 4 rings (SSSR count). The van der Waals surface area contributed by atoms with E-state index in [9.17, 15) is 9.59 Å². The van der Waals surface area contributed by atoms with Gasteiger partial charge < -0.3 is 25.4 Å². The van der Waals surface area contributed by atoms with Gasteiger partial charge in [0, 0.05) is 43.4 Å². The number of nitrogens with zero attached hydrogens (tertiary/aromatic N) is 5. The van der Waals surface area contributed by atoms with Gasteiger partial charge in [0.05, 0.1) is 32.5 Å². The van der Waals surface area contributed by atoms with Gasteiger partial charge in [-0.05, 0) is 33.2 Å². The Morgan fingerprint density at radius 1 is 1.24 bits per heavy atom.